The number of rotatable bonds is 5. The van der Waals surface area contributed by atoms with Crippen LogP contribution in [0.1, 0.15) is 0 Å². The van der Waals surface area contributed by atoms with Crippen LogP contribution in [0.3, 0.4) is 0 Å². The van der Waals surface area contributed by atoms with E-state index >= 15 is 0 Å². The number of anilines is 1. The first-order valence-corrected chi connectivity index (χ1v) is 8.38. The summed E-state index contributed by atoms with van der Waals surface area (Å²) in [5.41, 5.74) is 0.401. The number of carbonyl (C=O) groups excluding carboxylic acids is 1. The van der Waals surface area contributed by atoms with Gasteiger partial charge in [-0.05, 0) is 58.4 Å². The molecule has 0 saturated heterocycles. The number of amides is 1. The molecule has 0 atom stereocenters. The second kappa shape index (κ2) is 7.81. The van der Waals surface area contributed by atoms with Crippen molar-refractivity contribution in [1.82, 2.24) is 4.57 Å². The van der Waals surface area contributed by atoms with Crippen molar-refractivity contribution < 1.29 is 9.53 Å². The quantitative estimate of drug-likeness (QED) is 0.705. The lowest BCUT2D eigenvalue weighted by molar-refractivity contribution is -0.116. The number of hydrogen-bond acceptors (Lipinski definition) is 3. The topological polar surface area (TPSA) is 60.3 Å². The summed E-state index contributed by atoms with van der Waals surface area (Å²) < 4.78 is 7.78. The Labute approximate surface area is 153 Å². The number of pyridine rings is 1. The van der Waals surface area contributed by atoms with E-state index in [4.69, 9.17) is 4.74 Å². The fourth-order valence-electron chi connectivity index (χ4n) is 2.21. The van der Waals surface area contributed by atoms with Crippen molar-refractivity contribution in [1.29, 1.82) is 0 Å². The molecule has 0 aliphatic heterocycles. The number of para-hydroxylation sites is 1. The highest BCUT2D eigenvalue weighted by molar-refractivity contribution is 9.10. The number of carbonyl (C=O) groups is 1. The summed E-state index contributed by atoms with van der Waals surface area (Å²) in [5, 5.41) is 2.76. The lowest BCUT2D eigenvalue weighted by atomic mass is 10.3. The third-order valence-corrected chi connectivity index (χ3v) is 3.85. The third-order valence-electron chi connectivity index (χ3n) is 3.38. The average Bonchev–Trinajstić information content (AvgIpc) is 2.61. The monoisotopic (exact) mass is 398 g/mol. The van der Waals surface area contributed by atoms with Gasteiger partial charge in [-0.15, -0.1) is 0 Å². The molecule has 0 bridgehead atoms. The van der Waals surface area contributed by atoms with Crippen molar-refractivity contribution in [2.75, 3.05) is 5.32 Å². The van der Waals surface area contributed by atoms with Crippen LogP contribution in [0, 0.1) is 0 Å². The average molecular weight is 399 g/mol. The maximum absolute atomic E-state index is 12.1. The van der Waals surface area contributed by atoms with Crippen LogP contribution in [-0.4, -0.2) is 10.5 Å². The largest absolute Gasteiger partial charge is 0.457 e. The molecule has 6 heteroatoms. The molecule has 1 aromatic heterocycles. The number of halogens is 1. The molecular weight excluding hydrogens is 384 g/mol. The van der Waals surface area contributed by atoms with Crippen LogP contribution in [0.5, 0.6) is 11.5 Å². The van der Waals surface area contributed by atoms with Crippen LogP contribution >= 0.6 is 15.9 Å². The summed E-state index contributed by atoms with van der Waals surface area (Å²) in [5.74, 6) is 1.14. The lowest BCUT2D eigenvalue weighted by Crippen LogP contribution is -2.26. The molecule has 1 N–H and O–H groups in total. The normalized spacial score (nSPS) is 10.3. The Balaban J connectivity index is 1.62. The minimum Gasteiger partial charge on any atom is -0.457 e. The molecule has 0 unspecified atom stereocenters. The van der Waals surface area contributed by atoms with Gasteiger partial charge in [0.2, 0.25) is 5.91 Å². The number of hydrogen-bond donors (Lipinski definition) is 1. The van der Waals surface area contributed by atoms with Gasteiger partial charge in [-0.3, -0.25) is 9.59 Å². The number of nitrogens with zero attached hydrogens (tertiary/aromatic N) is 1. The molecule has 25 heavy (non-hydrogen) atoms. The Morgan fingerprint density at radius 2 is 1.64 bits per heavy atom. The minimum atomic E-state index is -0.281. The second-order valence-corrected chi connectivity index (χ2v) is 6.22. The van der Waals surface area contributed by atoms with E-state index in [1.165, 1.54) is 10.6 Å². The van der Waals surface area contributed by atoms with Gasteiger partial charge < -0.3 is 14.6 Å². The Hall–Kier alpha value is -2.86. The van der Waals surface area contributed by atoms with Crippen molar-refractivity contribution in [3.8, 4) is 11.5 Å². The van der Waals surface area contributed by atoms with E-state index in [1.807, 2.05) is 30.3 Å². The number of aromatic nitrogens is 1. The molecule has 0 spiro atoms. The predicted octanol–water partition coefficient (Wildman–Crippen LogP) is 4.04. The van der Waals surface area contributed by atoms with E-state index in [2.05, 4.69) is 21.2 Å². The summed E-state index contributed by atoms with van der Waals surface area (Å²) >= 11 is 3.28. The van der Waals surface area contributed by atoms with Crippen LogP contribution in [-0.2, 0) is 11.3 Å². The van der Waals surface area contributed by atoms with Gasteiger partial charge >= 0.3 is 0 Å². The van der Waals surface area contributed by atoms with Crippen molar-refractivity contribution in [3.05, 3.63) is 87.8 Å². The van der Waals surface area contributed by atoms with Crippen molar-refractivity contribution in [3.63, 3.8) is 0 Å². The Kier molecular flexibility index (Phi) is 5.30. The zero-order valence-electron chi connectivity index (χ0n) is 13.2. The van der Waals surface area contributed by atoms with E-state index in [0.717, 1.165) is 10.2 Å². The third kappa shape index (κ3) is 4.81. The molecule has 0 aliphatic rings. The highest BCUT2D eigenvalue weighted by Gasteiger charge is 2.06. The van der Waals surface area contributed by atoms with Crippen molar-refractivity contribution >= 4 is 27.5 Å². The molecule has 1 heterocycles. The van der Waals surface area contributed by atoms with E-state index in [9.17, 15) is 9.59 Å². The van der Waals surface area contributed by atoms with Gasteiger partial charge in [0.1, 0.15) is 18.0 Å². The zero-order valence-corrected chi connectivity index (χ0v) is 14.8. The van der Waals surface area contributed by atoms with Crippen LogP contribution in [0.2, 0.25) is 0 Å². The van der Waals surface area contributed by atoms with Gasteiger partial charge in [-0.1, -0.05) is 18.2 Å². The van der Waals surface area contributed by atoms with Crippen molar-refractivity contribution in [2.24, 2.45) is 0 Å². The van der Waals surface area contributed by atoms with Gasteiger partial charge in [0.05, 0.1) is 0 Å². The zero-order chi connectivity index (χ0) is 17.6. The van der Waals surface area contributed by atoms with Crippen LogP contribution < -0.4 is 15.6 Å². The fourth-order valence-corrected chi connectivity index (χ4v) is 2.59. The SMILES string of the molecule is O=C(Cn1cc(Br)ccc1=O)Nc1ccc(Oc2ccccc2)cc1. The summed E-state index contributed by atoms with van der Waals surface area (Å²) in [6, 6.07) is 19.5. The highest BCUT2D eigenvalue weighted by Crippen LogP contribution is 2.22. The maximum atomic E-state index is 12.1. The number of benzene rings is 2. The summed E-state index contributed by atoms with van der Waals surface area (Å²) in [4.78, 5) is 23.8. The molecule has 1 amide bonds. The van der Waals surface area contributed by atoms with Crippen LogP contribution in [0.15, 0.2) is 82.2 Å². The molecular formula is C19H15BrN2O3. The molecule has 5 nitrogen and oxygen atoms in total. The first kappa shape index (κ1) is 17.0. The van der Waals surface area contributed by atoms with Gasteiger partial charge in [0.25, 0.3) is 5.56 Å². The van der Waals surface area contributed by atoms with E-state index < -0.39 is 0 Å². The van der Waals surface area contributed by atoms with Gasteiger partial charge in [-0.25, -0.2) is 0 Å². The minimum absolute atomic E-state index is 0.0550. The Morgan fingerprint density at radius 1 is 0.960 bits per heavy atom. The number of ether oxygens (including phenoxy) is 1. The molecule has 2 aromatic carbocycles. The number of nitrogens with one attached hydrogen (secondary N) is 1. The van der Waals surface area contributed by atoms with E-state index in [-0.39, 0.29) is 18.0 Å². The Morgan fingerprint density at radius 3 is 2.36 bits per heavy atom. The summed E-state index contributed by atoms with van der Waals surface area (Å²) in [6.45, 7) is -0.0550. The smallest absolute Gasteiger partial charge is 0.251 e. The molecule has 0 fully saturated rings. The molecule has 3 rings (SSSR count). The highest BCUT2D eigenvalue weighted by atomic mass is 79.9. The molecule has 126 valence electrons. The van der Waals surface area contributed by atoms with Crippen LogP contribution in [0.25, 0.3) is 0 Å². The fraction of sp³-hybridized carbons (Fsp3) is 0.0526. The van der Waals surface area contributed by atoms with Gasteiger partial charge in [0, 0.05) is 22.4 Å². The van der Waals surface area contributed by atoms with E-state index in [0.29, 0.717) is 11.4 Å². The summed E-state index contributed by atoms with van der Waals surface area (Å²) in [6.07, 6.45) is 1.58. The van der Waals surface area contributed by atoms with E-state index in [1.54, 1.807) is 36.5 Å². The first-order valence-electron chi connectivity index (χ1n) is 7.59. The molecule has 0 saturated carbocycles. The lowest BCUT2D eigenvalue weighted by Gasteiger charge is -2.09. The first-order chi connectivity index (χ1) is 12.1. The van der Waals surface area contributed by atoms with Crippen LogP contribution in [0.4, 0.5) is 5.69 Å². The standard InChI is InChI=1S/C19H15BrN2O3/c20-14-6-11-19(24)22(12-14)13-18(23)21-15-7-9-17(10-8-15)25-16-4-2-1-3-5-16/h1-12H,13H2,(H,21,23). The maximum Gasteiger partial charge on any atom is 0.251 e. The molecule has 0 radical (unpaired) electrons. The summed E-state index contributed by atoms with van der Waals surface area (Å²) in [7, 11) is 0. The van der Waals surface area contributed by atoms with Gasteiger partial charge in [0.15, 0.2) is 0 Å². The molecule has 3 aromatic rings. The predicted molar refractivity (Wildman–Crippen MR) is 100.0 cm³/mol. The molecule has 0 aliphatic carbocycles. The van der Waals surface area contributed by atoms with Crippen molar-refractivity contribution in [2.45, 2.75) is 6.54 Å². The van der Waals surface area contributed by atoms with Gasteiger partial charge in [-0.2, -0.15) is 0 Å². The second-order valence-electron chi connectivity index (χ2n) is 5.30. The Bertz CT molecular complexity index is 921.